The second-order valence-electron chi connectivity index (χ2n) is 4.07. The first-order valence-electron chi connectivity index (χ1n) is 5.68. The van der Waals surface area contributed by atoms with Crippen LogP contribution in [-0.2, 0) is 6.42 Å². The highest BCUT2D eigenvalue weighted by molar-refractivity contribution is 5.38. The maximum absolute atomic E-state index is 9.87. The number of fused-ring (bicyclic) bond motifs is 1. The molecule has 2 rings (SSSR count). The summed E-state index contributed by atoms with van der Waals surface area (Å²) >= 11 is 0. The van der Waals surface area contributed by atoms with Gasteiger partial charge in [-0.2, -0.15) is 0 Å². The molecule has 0 saturated heterocycles. The van der Waals surface area contributed by atoms with Crippen LogP contribution in [0.1, 0.15) is 36.5 Å². The number of ether oxygens (including phenoxy) is 1. The van der Waals surface area contributed by atoms with Crippen molar-refractivity contribution in [3.63, 3.8) is 0 Å². The molecule has 0 fully saturated rings. The van der Waals surface area contributed by atoms with Crippen molar-refractivity contribution in [1.29, 1.82) is 0 Å². The molecule has 1 aromatic carbocycles. The summed E-state index contributed by atoms with van der Waals surface area (Å²) in [6.07, 6.45) is 8.39. The third-order valence-corrected chi connectivity index (χ3v) is 2.92. The number of terminal acetylenes is 1. The molecule has 0 aliphatic heterocycles. The van der Waals surface area contributed by atoms with Gasteiger partial charge in [0.25, 0.3) is 0 Å². The molecular weight excluding hydrogens is 200 g/mol. The second kappa shape index (κ2) is 5.05. The van der Waals surface area contributed by atoms with E-state index in [1.807, 2.05) is 18.2 Å². The quantitative estimate of drug-likeness (QED) is 0.621. The fourth-order valence-electron chi connectivity index (χ4n) is 2.07. The van der Waals surface area contributed by atoms with Gasteiger partial charge in [-0.25, -0.2) is 0 Å². The number of aliphatic hydroxyl groups is 1. The summed E-state index contributed by atoms with van der Waals surface area (Å²) in [7, 11) is 0. The lowest BCUT2D eigenvalue weighted by Crippen LogP contribution is -2.09. The fraction of sp³-hybridized carbons (Fsp3) is 0.429. The first kappa shape index (κ1) is 11.0. The zero-order valence-electron chi connectivity index (χ0n) is 9.28. The molecule has 1 aliphatic rings. The van der Waals surface area contributed by atoms with Gasteiger partial charge in [0.05, 0.1) is 12.7 Å². The van der Waals surface area contributed by atoms with Crippen molar-refractivity contribution in [3.8, 4) is 18.1 Å². The van der Waals surface area contributed by atoms with E-state index in [-0.39, 0.29) is 6.10 Å². The van der Waals surface area contributed by atoms with Gasteiger partial charge in [-0.1, -0.05) is 6.07 Å². The highest BCUT2D eigenvalue weighted by Crippen LogP contribution is 2.32. The summed E-state index contributed by atoms with van der Waals surface area (Å²) in [5, 5.41) is 9.87. The number of benzene rings is 1. The Bertz CT molecular complexity index is 404. The third kappa shape index (κ3) is 2.37. The number of aliphatic hydroxyl groups excluding tert-OH is 1. The van der Waals surface area contributed by atoms with Gasteiger partial charge in [0, 0.05) is 6.42 Å². The Hall–Kier alpha value is -1.46. The van der Waals surface area contributed by atoms with Crippen LogP contribution in [-0.4, -0.2) is 11.7 Å². The van der Waals surface area contributed by atoms with Gasteiger partial charge in [0.15, 0.2) is 0 Å². The lowest BCUT2D eigenvalue weighted by atomic mass is 9.89. The highest BCUT2D eigenvalue weighted by atomic mass is 16.5. The van der Waals surface area contributed by atoms with E-state index in [1.54, 1.807) is 0 Å². The summed E-state index contributed by atoms with van der Waals surface area (Å²) in [5.41, 5.74) is 2.26. The summed E-state index contributed by atoms with van der Waals surface area (Å²) in [6.45, 7) is 0.533. The van der Waals surface area contributed by atoms with Crippen LogP contribution >= 0.6 is 0 Å². The molecule has 1 atom stereocenters. The Balaban J connectivity index is 2.11. The molecule has 1 aliphatic carbocycles. The van der Waals surface area contributed by atoms with Gasteiger partial charge >= 0.3 is 0 Å². The lowest BCUT2D eigenvalue weighted by molar-refractivity contribution is 0.156. The van der Waals surface area contributed by atoms with Gasteiger partial charge in [-0.3, -0.25) is 0 Å². The van der Waals surface area contributed by atoms with Crippen molar-refractivity contribution in [2.75, 3.05) is 6.61 Å². The Kier molecular flexibility index (Phi) is 3.48. The van der Waals surface area contributed by atoms with Crippen LogP contribution in [0.25, 0.3) is 0 Å². The van der Waals surface area contributed by atoms with Crippen LogP contribution in [0.3, 0.4) is 0 Å². The molecule has 2 heteroatoms. The standard InChI is InChI=1S/C14H16O2/c1-2-3-9-16-12-8-7-11-5-4-6-14(15)13(11)10-12/h1,7-8,10,14-15H,3-6,9H2. The summed E-state index contributed by atoms with van der Waals surface area (Å²) in [4.78, 5) is 0. The first-order chi connectivity index (χ1) is 7.81. The minimum absolute atomic E-state index is 0.333. The summed E-state index contributed by atoms with van der Waals surface area (Å²) < 4.78 is 5.51. The molecule has 84 valence electrons. The molecule has 2 nitrogen and oxygen atoms in total. The largest absolute Gasteiger partial charge is 0.493 e. The van der Waals surface area contributed by atoms with E-state index in [9.17, 15) is 5.11 Å². The molecule has 0 heterocycles. The Morgan fingerprint density at radius 3 is 3.19 bits per heavy atom. The van der Waals surface area contributed by atoms with Crippen molar-refractivity contribution in [2.24, 2.45) is 0 Å². The maximum atomic E-state index is 9.87. The predicted octanol–water partition coefficient (Wildman–Crippen LogP) is 2.46. The zero-order chi connectivity index (χ0) is 11.4. The SMILES string of the molecule is C#CCCOc1ccc2c(c1)C(O)CCC2. The molecule has 0 amide bonds. The van der Waals surface area contributed by atoms with Crippen LogP contribution in [0.15, 0.2) is 18.2 Å². The Labute approximate surface area is 96.3 Å². The zero-order valence-corrected chi connectivity index (χ0v) is 9.28. The summed E-state index contributed by atoms with van der Waals surface area (Å²) in [5.74, 6) is 3.34. The molecular formula is C14H16O2. The molecule has 0 radical (unpaired) electrons. The minimum atomic E-state index is -0.333. The topological polar surface area (TPSA) is 29.5 Å². The number of aryl methyl sites for hydroxylation is 1. The van der Waals surface area contributed by atoms with Crippen molar-refractivity contribution in [3.05, 3.63) is 29.3 Å². The monoisotopic (exact) mass is 216 g/mol. The molecule has 0 saturated carbocycles. The molecule has 1 aromatic rings. The summed E-state index contributed by atoms with van der Waals surface area (Å²) in [6, 6.07) is 5.94. The smallest absolute Gasteiger partial charge is 0.119 e. The predicted molar refractivity (Wildman–Crippen MR) is 63.3 cm³/mol. The normalized spacial score (nSPS) is 18.6. The van der Waals surface area contributed by atoms with Gasteiger partial charge in [-0.05, 0) is 42.5 Å². The third-order valence-electron chi connectivity index (χ3n) is 2.92. The van der Waals surface area contributed by atoms with Gasteiger partial charge in [0.2, 0.25) is 0 Å². The molecule has 1 N–H and O–H groups in total. The van der Waals surface area contributed by atoms with E-state index in [4.69, 9.17) is 11.2 Å². The highest BCUT2D eigenvalue weighted by Gasteiger charge is 2.18. The molecule has 0 spiro atoms. The van der Waals surface area contributed by atoms with Gasteiger partial charge in [0.1, 0.15) is 5.75 Å². The van der Waals surface area contributed by atoms with E-state index in [0.717, 1.165) is 30.6 Å². The van der Waals surface area contributed by atoms with E-state index >= 15 is 0 Å². The van der Waals surface area contributed by atoms with Gasteiger partial charge < -0.3 is 9.84 Å². The van der Waals surface area contributed by atoms with E-state index < -0.39 is 0 Å². The Morgan fingerprint density at radius 2 is 2.38 bits per heavy atom. The van der Waals surface area contributed by atoms with Crippen LogP contribution in [0.2, 0.25) is 0 Å². The van der Waals surface area contributed by atoms with Crippen molar-refractivity contribution in [2.45, 2.75) is 31.8 Å². The lowest BCUT2D eigenvalue weighted by Gasteiger charge is -2.21. The molecule has 1 unspecified atom stereocenters. The van der Waals surface area contributed by atoms with E-state index in [1.165, 1.54) is 5.56 Å². The minimum Gasteiger partial charge on any atom is -0.493 e. The number of hydrogen-bond acceptors (Lipinski definition) is 2. The first-order valence-corrected chi connectivity index (χ1v) is 5.68. The van der Waals surface area contributed by atoms with Crippen LogP contribution in [0.4, 0.5) is 0 Å². The molecule has 16 heavy (non-hydrogen) atoms. The fourth-order valence-corrected chi connectivity index (χ4v) is 2.07. The second-order valence-corrected chi connectivity index (χ2v) is 4.07. The van der Waals surface area contributed by atoms with E-state index in [2.05, 4.69) is 5.92 Å². The average molecular weight is 216 g/mol. The number of rotatable bonds is 3. The molecule has 0 aromatic heterocycles. The molecule has 0 bridgehead atoms. The van der Waals surface area contributed by atoms with Crippen molar-refractivity contribution in [1.82, 2.24) is 0 Å². The maximum Gasteiger partial charge on any atom is 0.119 e. The van der Waals surface area contributed by atoms with Crippen LogP contribution < -0.4 is 4.74 Å². The van der Waals surface area contributed by atoms with Crippen LogP contribution in [0.5, 0.6) is 5.75 Å². The Morgan fingerprint density at radius 1 is 1.50 bits per heavy atom. The average Bonchev–Trinajstić information content (AvgIpc) is 2.30. The van der Waals surface area contributed by atoms with Gasteiger partial charge in [-0.15, -0.1) is 12.3 Å². The van der Waals surface area contributed by atoms with Crippen molar-refractivity contribution >= 4 is 0 Å². The van der Waals surface area contributed by atoms with Crippen LogP contribution in [0, 0.1) is 12.3 Å². The van der Waals surface area contributed by atoms with Crippen molar-refractivity contribution < 1.29 is 9.84 Å². The number of hydrogen-bond donors (Lipinski definition) is 1. The van der Waals surface area contributed by atoms with E-state index in [0.29, 0.717) is 13.0 Å².